The molecule has 1 aromatic rings. The highest BCUT2D eigenvalue weighted by Gasteiger charge is 2.44. The zero-order chi connectivity index (χ0) is 15.3. The molecule has 8 heteroatoms. The van der Waals surface area contributed by atoms with E-state index in [0.29, 0.717) is 13.1 Å². The van der Waals surface area contributed by atoms with E-state index in [1.54, 1.807) is 4.90 Å². The van der Waals surface area contributed by atoms with Gasteiger partial charge in [-0.1, -0.05) is 18.0 Å². The lowest BCUT2D eigenvalue weighted by Crippen LogP contribution is -2.36. The predicted molar refractivity (Wildman–Crippen MR) is 79.1 cm³/mol. The maximum Gasteiger partial charge on any atom is 0.278 e. The molecule has 1 aliphatic heterocycles. The number of halogens is 2. The van der Waals surface area contributed by atoms with Crippen LogP contribution >= 0.6 is 22.3 Å². The maximum absolute atomic E-state index is 12.5. The van der Waals surface area contributed by atoms with E-state index >= 15 is 0 Å². The van der Waals surface area contributed by atoms with Crippen LogP contribution in [-0.4, -0.2) is 37.3 Å². The minimum atomic E-state index is -3.98. The van der Waals surface area contributed by atoms with E-state index < -0.39 is 9.05 Å². The third-order valence-electron chi connectivity index (χ3n) is 4.41. The Balaban J connectivity index is 1.88. The van der Waals surface area contributed by atoms with Crippen molar-refractivity contribution >= 4 is 37.2 Å². The van der Waals surface area contributed by atoms with E-state index in [1.165, 1.54) is 18.6 Å². The topological polar surface area (TPSA) is 67.3 Å². The molecule has 0 bridgehead atoms. The molecule has 0 aromatic carbocycles. The maximum atomic E-state index is 12.5. The van der Waals surface area contributed by atoms with Crippen LogP contribution in [0.4, 0.5) is 0 Å². The van der Waals surface area contributed by atoms with Crippen molar-refractivity contribution in [3.05, 3.63) is 22.8 Å². The van der Waals surface area contributed by atoms with Crippen LogP contribution < -0.4 is 0 Å². The quantitative estimate of drug-likeness (QED) is 0.770. The summed E-state index contributed by atoms with van der Waals surface area (Å²) >= 11 is 5.99. The smallest absolute Gasteiger partial charge is 0.278 e. The Kier molecular flexibility index (Phi) is 3.66. The van der Waals surface area contributed by atoms with Crippen molar-refractivity contribution in [3.8, 4) is 0 Å². The summed E-state index contributed by atoms with van der Waals surface area (Å²) < 4.78 is 22.7. The van der Waals surface area contributed by atoms with Crippen molar-refractivity contribution in [2.24, 2.45) is 5.41 Å². The van der Waals surface area contributed by atoms with E-state index in [2.05, 4.69) is 4.98 Å². The molecular formula is C13H14Cl2N2O3S. The summed E-state index contributed by atoms with van der Waals surface area (Å²) in [6.45, 7) is 1.36. The molecule has 1 amide bonds. The Labute approximate surface area is 132 Å². The van der Waals surface area contributed by atoms with E-state index in [4.69, 9.17) is 22.3 Å². The summed E-state index contributed by atoms with van der Waals surface area (Å²) in [6.07, 6.45) is 4.49. The lowest BCUT2D eigenvalue weighted by atomic mass is 9.68. The fraction of sp³-hybridized carbons (Fsp3) is 0.538. The molecule has 2 aliphatic rings. The average molecular weight is 349 g/mol. The fourth-order valence-electron chi connectivity index (χ4n) is 3.05. The number of amides is 1. The molecule has 1 saturated carbocycles. The van der Waals surface area contributed by atoms with E-state index in [1.807, 2.05) is 0 Å². The molecule has 1 spiro atoms. The van der Waals surface area contributed by atoms with Gasteiger partial charge in [-0.15, -0.1) is 0 Å². The van der Waals surface area contributed by atoms with Crippen molar-refractivity contribution in [2.45, 2.75) is 30.7 Å². The third kappa shape index (κ3) is 2.76. The second-order valence-electron chi connectivity index (χ2n) is 5.75. The molecule has 1 aliphatic carbocycles. The lowest BCUT2D eigenvalue weighted by molar-refractivity contribution is 0.0726. The molecule has 21 heavy (non-hydrogen) atoms. The van der Waals surface area contributed by atoms with Crippen LogP contribution in [-0.2, 0) is 9.05 Å². The predicted octanol–water partition coefficient (Wildman–Crippen LogP) is 2.68. The van der Waals surface area contributed by atoms with Crippen molar-refractivity contribution in [1.29, 1.82) is 0 Å². The number of aromatic nitrogens is 1. The molecule has 1 saturated heterocycles. The minimum absolute atomic E-state index is 0.0465. The number of rotatable bonds is 2. The van der Waals surface area contributed by atoms with E-state index in [-0.39, 0.29) is 27.1 Å². The monoisotopic (exact) mass is 348 g/mol. The molecule has 2 fully saturated rings. The van der Waals surface area contributed by atoms with Gasteiger partial charge in [-0.05, 0) is 36.8 Å². The number of likely N-dealkylation sites (tertiary alicyclic amines) is 1. The Morgan fingerprint density at radius 3 is 2.52 bits per heavy atom. The van der Waals surface area contributed by atoms with Gasteiger partial charge < -0.3 is 4.90 Å². The molecule has 114 valence electrons. The first-order valence-corrected chi connectivity index (χ1v) is 9.40. The standard InChI is InChI=1S/C13H14Cl2N2O3S/c14-9-2-3-10(21(15,19)20)16-11(9)12(18)17-7-6-13(8-17)4-1-5-13/h2-3H,1,4-8H2. The second kappa shape index (κ2) is 5.11. The van der Waals surface area contributed by atoms with Crippen LogP contribution in [0.5, 0.6) is 0 Å². The van der Waals surface area contributed by atoms with E-state index in [0.717, 1.165) is 19.3 Å². The van der Waals surface area contributed by atoms with Crippen LogP contribution in [0.15, 0.2) is 17.2 Å². The van der Waals surface area contributed by atoms with Crippen molar-refractivity contribution in [1.82, 2.24) is 9.88 Å². The van der Waals surface area contributed by atoms with Gasteiger partial charge in [0.25, 0.3) is 15.0 Å². The average Bonchev–Trinajstić information content (AvgIpc) is 2.82. The van der Waals surface area contributed by atoms with Crippen LogP contribution in [0.25, 0.3) is 0 Å². The summed E-state index contributed by atoms with van der Waals surface area (Å²) in [7, 11) is 1.28. The molecule has 2 heterocycles. The Hall–Kier alpha value is -0.850. The first kappa shape index (κ1) is 15.1. The van der Waals surface area contributed by atoms with Crippen LogP contribution in [0.1, 0.15) is 36.2 Å². The number of nitrogens with zero attached hydrogens (tertiary/aromatic N) is 2. The van der Waals surface area contributed by atoms with Crippen molar-refractivity contribution in [2.75, 3.05) is 13.1 Å². The van der Waals surface area contributed by atoms with Crippen molar-refractivity contribution < 1.29 is 13.2 Å². The van der Waals surface area contributed by atoms with Crippen molar-refractivity contribution in [3.63, 3.8) is 0 Å². The normalized spacial score (nSPS) is 20.6. The summed E-state index contributed by atoms with van der Waals surface area (Å²) in [5, 5.41) is -0.215. The van der Waals surface area contributed by atoms with Gasteiger partial charge in [0.2, 0.25) is 0 Å². The number of hydrogen-bond acceptors (Lipinski definition) is 4. The first-order valence-electron chi connectivity index (χ1n) is 6.71. The van der Waals surface area contributed by atoms with Gasteiger partial charge >= 0.3 is 0 Å². The van der Waals surface area contributed by atoms with Crippen LogP contribution in [0.3, 0.4) is 0 Å². The van der Waals surface area contributed by atoms with Gasteiger partial charge in [0.15, 0.2) is 5.03 Å². The highest BCUT2D eigenvalue weighted by atomic mass is 35.7. The highest BCUT2D eigenvalue weighted by molar-refractivity contribution is 8.13. The van der Waals surface area contributed by atoms with E-state index in [9.17, 15) is 13.2 Å². The van der Waals surface area contributed by atoms with Gasteiger partial charge in [0, 0.05) is 23.8 Å². The van der Waals surface area contributed by atoms with Gasteiger partial charge in [-0.3, -0.25) is 4.79 Å². The first-order chi connectivity index (χ1) is 9.81. The zero-order valence-electron chi connectivity index (χ0n) is 11.2. The lowest BCUT2D eigenvalue weighted by Gasteiger charge is -2.37. The fourth-order valence-corrected chi connectivity index (χ4v) is 3.93. The largest absolute Gasteiger partial charge is 0.337 e. The Morgan fingerprint density at radius 1 is 1.29 bits per heavy atom. The molecule has 5 nitrogen and oxygen atoms in total. The summed E-state index contributed by atoms with van der Waals surface area (Å²) in [6, 6.07) is 2.53. The zero-order valence-corrected chi connectivity index (χ0v) is 13.5. The summed E-state index contributed by atoms with van der Waals surface area (Å²) in [5.41, 5.74) is 0.216. The highest BCUT2D eigenvalue weighted by Crippen LogP contribution is 2.48. The van der Waals surface area contributed by atoms with Crippen LogP contribution in [0.2, 0.25) is 5.02 Å². The van der Waals surface area contributed by atoms with Gasteiger partial charge in [0.1, 0.15) is 5.69 Å². The van der Waals surface area contributed by atoms with Crippen LogP contribution in [0, 0.1) is 5.41 Å². The number of hydrogen-bond donors (Lipinski definition) is 0. The van der Waals surface area contributed by atoms with Gasteiger partial charge in [-0.2, -0.15) is 0 Å². The van der Waals surface area contributed by atoms with Gasteiger partial charge in [0.05, 0.1) is 5.02 Å². The minimum Gasteiger partial charge on any atom is -0.337 e. The molecular weight excluding hydrogens is 335 g/mol. The SMILES string of the molecule is O=C(c1nc(S(=O)(=O)Cl)ccc1Cl)N1CCC2(CCC2)C1. The molecule has 0 radical (unpaired) electrons. The summed E-state index contributed by atoms with van der Waals surface area (Å²) in [4.78, 5) is 18.1. The molecule has 3 rings (SSSR count). The molecule has 0 unspecified atom stereocenters. The Morgan fingerprint density at radius 2 is 2.00 bits per heavy atom. The molecule has 1 aromatic heterocycles. The number of carbonyl (C=O) groups is 1. The second-order valence-corrected chi connectivity index (χ2v) is 8.67. The molecule has 0 N–H and O–H groups in total. The number of carbonyl (C=O) groups excluding carboxylic acids is 1. The number of pyridine rings is 1. The summed E-state index contributed by atoms with van der Waals surface area (Å²) in [5.74, 6) is -0.328. The third-order valence-corrected chi connectivity index (χ3v) is 5.92. The van der Waals surface area contributed by atoms with Gasteiger partial charge in [-0.25, -0.2) is 13.4 Å². The Bertz CT molecular complexity index is 701. The molecule has 0 atom stereocenters.